The number of ether oxygens (including phenoxy) is 1. The zero-order valence-corrected chi connectivity index (χ0v) is 14.6. The average Bonchev–Trinajstić information content (AvgIpc) is 2.97. The second-order valence-electron chi connectivity index (χ2n) is 6.89. The standard InChI is InChI=1S/C17H34N2O2/c1-6-21-16(20)17(4,18-5)13-19(12-11-14(2)3)15-9-7-8-10-15/h14-15,18H,6-13H2,1-5H3. The monoisotopic (exact) mass is 298 g/mol. The molecular formula is C17H34N2O2. The number of esters is 1. The number of hydrogen-bond acceptors (Lipinski definition) is 4. The van der Waals surface area contributed by atoms with Crippen LogP contribution in [-0.4, -0.2) is 49.2 Å². The Morgan fingerprint density at radius 2 is 2.00 bits per heavy atom. The molecule has 0 bridgehead atoms. The van der Waals surface area contributed by atoms with Crippen LogP contribution in [0.15, 0.2) is 0 Å². The van der Waals surface area contributed by atoms with Crippen LogP contribution in [0.3, 0.4) is 0 Å². The van der Waals surface area contributed by atoms with Crippen molar-refractivity contribution in [2.45, 2.75) is 71.4 Å². The highest BCUT2D eigenvalue weighted by Crippen LogP contribution is 2.26. The molecule has 0 radical (unpaired) electrons. The lowest BCUT2D eigenvalue weighted by Gasteiger charge is -2.37. The fourth-order valence-electron chi connectivity index (χ4n) is 3.03. The van der Waals surface area contributed by atoms with Gasteiger partial charge in [0.25, 0.3) is 0 Å². The molecule has 0 spiro atoms. The lowest BCUT2D eigenvalue weighted by Crippen LogP contribution is -2.58. The third-order valence-corrected chi connectivity index (χ3v) is 4.63. The maximum atomic E-state index is 12.3. The van der Waals surface area contributed by atoms with Gasteiger partial charge in [-0.2, -0.15) is 0 Å². The van der Waals surface area contributed by atoms with Crippen molar-refractivity contribution in [3.05, 3.63) is 0 Å². The summed E-state index contributed by atoms with van der Waals surface area (Å²) in [5, 5.41) is 3.19. The van der Waals surface area contributed by atoms with Gasteiger partial charge in [0.05, 0.1) is 6.61 Å². The molecule has 1 N–H and O–H groups in total. The van der Waals surface area contributed by atoms with Crippen molar-refractivity contribution in [1.29, 1.82) is 0 Å². The number of likely N-dealkylation sites (N-methyl/N-ethyl adjacent to an activating group) is 1. The largest absolute Gasteiger partial charge is 0.465 e. The molecule has 1 fully saturated rings. The van der Waals surface area contributed by atoms with Gasteiger partial charge in [0.2, 0.25) is 0 Å². The van der Waals surface area contributed by atoms with E-state index in [4.69, 9.17) is 4.74 Å². The van der Waals surface area contributed by atoms with Crippen molar-refractivity contribution in [3.63, 3.8) is 0 Å². The summed E-state index contributed by atoms with van der Waals surface area (Å²) in [6.45, 7) is 10.6. The molecule has 0 saturated heterocycles. The van der Waals surface area contributed by atoms with Gasteiger partial charge in [0, 0.05) is 12.6 Å². The van der Waals surface area contributed by atoms with E-state index in [0.29, 0.717) is 18.6 Å². The first-order valence-corrected chi connectivity index (χ1v) is 8.53. The van der Waals surface area contributed by atoms with Crippen LogP contribution >= 0.6 is 0 Å². The van der Waals surface area contributed by atoms with E-state index in [0.717, 1.165) is 13.1 Å². The summed E-state index contributed by atoms with van der Waals surface area (Å²) in [4.78, 5) is 14.8. The number of carbonyl (C=O) groups is 1. The zero-order chi connectivity index (χ0) is 15.9. The predicted octanol–water partition coefficient (Wildman–Crippen LogP) is 2.82. The van der Waals surface area contributed by atoms with Gasteiger partial charge in [0.15, 0.2) is 0 Å². The highest BCUT2D eigenvalue weighted by molar-refractivity contribution is 5.80. The molecule has 124 valence electrons. The number of nitrogens with one attached hydrogen (secondary N) is 1. The van der Waals surface area contributed by atoms with E-state index in [1.165, 1.54) is 32.1 Å². The first kappa shape index (κ1) is 18.4. The Hall–Kier alpha value is -0.610. The summed E-state index contributed by atoms with van der Waals surface area (Å²) >= 11 is 0. The normalized spacial score (nSPS) is 19.2. The minimum absolute atomic E-state index is 0.139. The molecule has 4 nitrogen and oxygen atoms in total. The molecule has 1 unspecified atom stereocenters. The Labute approximate surface area is 130 Å². The van der Waals surface area contributed by atoms with Gasteiger partial charge in [-0.15, -0.1) is 0 Å². The molecular weight excluding hydrogens is 264 g/mol. The van der Waals surface area contributed by atoms with E-state index in [9.17, 15) is 4.79 Å². The number of carbonyl (C=O) groups excluding carboxylic acids is 1. The highest BCUT2D eigenvalue weighted by atomic mass is 16.5. The molecule has 1 aliphatic rings. The van der Waals surface area contributed by atoms with Crippen molar-refractivity contribution in [2.75, 3.05) is 26.7 Å². The predicted molar refractivity (Wildman–Crippen MR) is 87.4 cm³/mol. The van der Waals surface area contributed by atoms with Crippen LogP contribution in [0.25, 0.3) is 0 Å². The number of hydrogen-bond donors (Lipinski definition) is 1. The summed E-state index contributed by atoms with van der Waals surface area (Å²) in [6.07, 6.45) is 6.34. The fraction of sp³-hybridized carbons (Fsp3) is 0.941. The van der Waals surface area contributed by atoms with Gasteiger partial charge in [-0.25, -0.2) is 0 Å². The number of rotatable bonds is 9. The Balaban J connectivity index is 2.73. The van der Waals surface area contributed by atoms with Crippen molar-refractivity contribution in [1.82, 2.24) is 10.2 Å². The van der Waals surface area contributed by atoms with Crippen LogP contribution in [0, 0.1) is 5.92 Å². The van der Waals surface area contributed by atoms with Crippen LogP contribution in [-0.2, 0) is 9.53 Å². The molecule has 1 saturated carbocycles. The molecule has 1 aliphatic carbocycles. The van der Waals surface area contributed by atoms with Crippen LogP contribution in [0.5, 0.6) is 0 Å². The van der Waals surface area contributed by atoms with Gasteiger partial charge >= 0.3 is 5.97 Å². The lowest BCUT2D eigenvalue weighted by atomic mass is 9.99. The van der Waals surface area contributed by atoms with E-state index in [-0.39, 0.29) is 5.97 Å². The van der Waals surface area contributed by atoms with Crippen LogP contribution < -0.4 is 5.32 Å². The zero-order valence-electron chi connectivity index (χ0n) is 14.6. The van der Waals surface area contributed by atoms with Crippen LogP contribution in [0.2, 0.25) is 0 Å². The second-order valence-corrected chi connectivity index (χ2v) is 6.89. The molecule has 21 heavy (non-hydrogen) atoms. The van der Waals surface area contributed by atoms with Gasteiger partial charge in [0.1, 0.15) is 5.54 Å². The topological polar surface area (TPSA) is 41.6 Å². The van der Waals surface area contributed by atoms with E-state index in [1.54, 1.807) is 0 Å². The second kappa shape index (κ2) is 8.74. The van der Waals surface area contributed by atoms with Gasteiger partial charge in [-0.05, 0) is 52.6 Å². The third kappa shape index (κ3) is 5.59. The summed E-state index contributed by atoms with van der Waals surface area (Å²) in [7, 11) is 1.85. The molecule has 0 amide bonds. The minimum atomic E-state index is -0.615. The summed E-state index contributed by atoms with van der Waals surface area (Å²) < 4.78 is 5.26. The fourth-order valence-corrected chi connectivity index (χ4v) is 3.03. The van der Waals surface area contributed by atoms with Crippen molar-refractivity contribution in [3.8, 4) is 0 Å². The summed E-state index contributed by atoms with van der Waals surface area (Å²) in [6, 6.07) is 0.630. The van der Waals surface area contributed by atoms with Crippen molar-refractivity contribution < 1.29 is 9.53 Å². The molecule has 0 aromatic carbocycles. The Morgan fingerprint density at radius 1 is 1.38 bits per heavy atom. The molecule has 0 aliphatic heterocycles. The van der Waals surface area contributed by atoms with Gasteiger partial charge in [-0.3, -0.25) is 9.69 Å². The van der Waals surface area contributed by atoms with Gasteiger partial charge in [-0.1, -0.05) is 26.7 Å². The van der Waals surface area contributed by atoms with Crippen molar-refractivity contribution in [2.24, 2.45) is 5.92 Å². The summed E-state index contributed by atoms with van der Waals surface area (Å²) in [5.41, 5.74) is -0.615. The molecule has 1 rings (SSSR count). The molecule has 0 aromatic rings. The highest BCUT2D eigenvalue weighted by Gasteiger charge is 2.37. The van der Waals surface area contributed by atoms with E-state index >= 15 is 0 Å². The third-order valence-electron chi connectivity index (χ3n) is 4.63. The maximum absolute atomic E-state index is 12.3. The Morgan fingerprint density at radius 3 is 2.48 bits per heavy atom. The van der Waals surface area contributed by atoms with Gasteiger partial charge < -0.3 is 10.1 Å². The number of nitrogens with zero attached hydrogens (tertiary/aromatic N) is 1. The van der Waals surface area contributed by atoms with E-state index < -0.39 is 5.54 Å². The van der Waals surface area contributed by atoms with Crippen LogP contribution in [0.4, 0.5) is 0 Å². The SMILES string of the molecule is CCOC(=O)C(C)(CN(CCC(C)C)C1CCCC1)NC. The van der Waals surface area contributed by atoms with E-state index in [2.05, 4.69) is 24.1 Å². The first-order chi connectivity index (χ1) is 9.92. The quantitative estimate of drug-likeness (QED) is 0.665. The first-order valence-electron chi connectivity index (χ1n) is 8.53. The minimum Gasteiger partial charge on any atom is -0.465 e. The maximum Gasteiger partial charge on any atom is 0.327 e. The Bertz CT molecular complexity index is 314. The lowest BCUT2D eigenvalue weighted by molar-refractivity contribution is -0.151. The van der Waals surface area contributed by atoms with Crippen LogP contribution in [0.1, 0.15) is 59.8 Å². The average molecular weight is 298 g/mol. The molecule has 1 atom stereocenters. The Kier molecular flexibility index (Phi) is 7.67. The van der Waals surface area contributed by atoms with E-state index in [1.807, 2.05) is 20.9 Å². The smallest absolute Gasteiger partial charge is 0.327 e. The molecule has 0 heterocycles. The van der Waals surface area contributed by atoms with Crippen molar-refractivity contribution >= 4 is 5.97 Å². The molecule has 0 aromatic heterocycles. The summed E-state index contributed by atoms with van der Waals surface area (Å²) in [5.74, 6) is 0.553. The molecule has 4 heteroatoms.